The summed E-state index contributed by atoms with van der Waals surface area (Å²) in [5.41, 5.74) is 12.2. The summed E-state index contributed by atoms with van der Waals surface area (Å²) in [6.07, 6.45) is 0. The number of para-hydroxylation sites is 6. The fraction of sp³-hybridized carbons (Fsp3) is 0.0392. The average molecular weight is 720 g/mol. The highest BCUT2D eigenvalue weighted by atomic mass is 16.5. The van der Waals surface area contributed by atoms with E-state index in [0.717, 1.165) is 73.1 Å². The number of hydrogen-bond acceptors (Lipinski definition) is 4. The van der Waals surface area contributed by atoms with Gasteiger partial charge in [-0.2, -0.15) is 4.98 Å². The van der Waals surface area contributed by atoms with E-state index in [1.165, 1.54) is 11.1 Å². The number of benzene rings is 8. The van der Waals surface area contributed by atoms with E-state index in [1.54, 1.807) is 0 Å². The molecule has 0 fully saturated rings. The van der Waals surface area contributed by atoms with Gasteiger partial charge in [0.25, 0.3) is 0 Å². The molecule has 0 N–H and O–H groups in total. The summed E-state index contributed by atoms with van der Waals surface area (Å²) in [5.74, 6) is 1.74. The monoisotopic (exact) mass is 719 g/mol. The van der Waals surface area contributed by atoms with Gasteiger partial charge >= 0.3 is 6.01 Å². The molecule has 0 atom stereocenters. The quantitative estimate of drug-likeness (QED) is 0.182. The van der Waals surface area contributed by atoms with Crippen LogP contribution in [-0.2, 0) is 11.0 Å². The first-order chi connectivity index (χ1) is 27.8. The molecule has 8 aromatic carbocycles. The molecule has 0 saturated carbocycles. The van der Waals surface area contributed by atoms with Crippen LogP contribution in [0.15, 0.2) is 200 Å². The molecule has 5 nitrogen and oxygen atoms in total. The van der Waals surface area contributed by atoms with Gasteiger partial charge in [0.05, 0.1) is 33.5 Å². The highest BCUT2D eigenvalue weighted by molar-refractivity contribution is 5.92. The number of fused-ring (bicyclic) bond motifs is 13. The summed E-state index contributed by atoms with van der Waals surface area (Å²) in [5, 5.41) is 0. The van der Waals surface area contributed by atoms with E-state index in [1.807, 2.05) is 6.07 Å². The third-order valence-electron chi connectivity index (χ3n) is 11.9. The van der Waals surface area contributed by atoms with Gasteiger partial charge in [-0.25, -0.2) is 0 Å². The SMILES string of the molecule is c1ccc(C2(c3ccccc3)Oc3nc4ccccc4n3-c3ccc(N4c5ccccc5C5(c6ccccc6Oc6ccccc65)c5ccccc54)cc32)cc1. The van der Waals surface area contributed by atoms with E-state index in [9.17, 15) is 0 Å². The highest BCUT2D eigenvalue weighted by Crippen LogP contribution is 2.63. The third-order valence-corrected chi connectivity index (χ3v) is 11.9. The number of nitrogens with zero attached hydrogens (tertiary/aromatic N) is 3. The molecule has 4 heterocycles. The average Bonchev–Trinajstić information content (AvgIpc) is 3.65. The lowest BCUT2D eigenvalue weighted by Crippen LogP contribution is -2.41. The molecule has 264 valence electrons. The van der Waals surface area contributed by atoms with E-state index >= 15 is 0 Å². The molecule has 5 heteroatoms. The minimum absolute atomic E-state index is 0.562. The molecule has 9 aromatic rings. The van der Waals surface area contributed by atoms with Crippen LogP contribution >= 0.6 is 0 Å². The minimum atomic E-state index is -1.00. The van der Waals surface area contributed by atoms with Crippen LogP contribution in [0.5, 0.6) is 17.5 Å². The second-order valence-corrected chi connectivity index (χ2v) is 14.6. The van der Waals surface area contributed by atoms with Crippen molar-refractivity contribution in [3.8, 4) is 23.2 Å². The molecule has 3 aliphatic rings. The van der Waals surface area contributed by atoms with Gasteiger partial charge in [-0.05, 0) is 65.7 Å². The Morgan fingerprint density at radius 3 is 1.57 bits per heavy atom. The summed E-state index contributed by atoms with van der Waals surface area (Å²) < 4.78 is 16.2. The topological polar surface area (TPSA) is 39.5 Å². The third kappa shape index (κ3) is 4.01. The lowest BCUT2D eigenvalue weighted by molar-refractivity contribution is 0.128. The van der Waals surface area contributed by atoms with E-state index in [2.05, 4.69) is 204 Å². The Labute approximate surface area is 324 Å². The van der Waals surface area contributed by atoms with Crippen LogP contribution in [-0.4, -0.2) is 9.55 Å². The molecule has 0 radical (unpaired) electrons. The highest BCUT2D eigenvalue weighted by Gasteiger charge is 2.52. The zero-order valence-corrected chi connectivity index (χ0v) is 30.2. The van der Waals surface area contributed by atoms with Crippen LogP contribution in [0.1, 0.15) is 38.9 Å². The van der Waals surface area contributed by atoms with Gasteiger partial charge in [-0.15, -0.1) is 0 Å². The van der Waals surface area contributed by atoms with Crippen molar-refractivity contribution in [3.05, 3.63) is 239 Å². The van der Waals surface area contributed by atoms with E-state index in [-0.39, 0.29) is 0 Å². The van der Waals surface area contributed by atoms with Crippen molar-refractivity contribution in [1.29, 1.82) is 0 Å². The number of anilines is 3. The molecular weight excluding hydrogens is 687 g/mol. The van der Waals surface area contributed by atoms with Crippen LogP contribution in [0.2, 0.25) is 0 Å². The zero-order chi connectivity index (χ0) is 36.8. The molecule has 0 aliphatic carbocycles. The Balaban J connectivity index is 1.17. The van der Waals surface area contributed by atoms with Crippen molar-refractivity contribution < 1.29 is 9.47 Å². The van der Waals surface area contributed by atoms with Gasteiger partial charge in [-0.1, -0.05) is 146 Å². The van der Waals surface area contributed by atoms with Crippen molar-refractivity contribution in [2.75, 3.05) is 4.90 Å². The number of ether oxygens (including phenoxy) is 2. The van der Waals surface area contributed by atoms with Crippen molar-refractivity contribution in [1.82, 2.24) is 9.55 Å². The number of imidazole rings is 1. The Morgan fingerprint density at radius 2 is 0.946 bits per heavy atom. The van der Waals surface area contributed by atoms with Crippen LogP contribution in [0.4, 0.5) is 17.1 Å². The minimum Gasteiger partial charge on any atom is -0.457 e. The molecule has 56 heavy (non-hydrogen) atoms. The fourth-order valence-corrected chi connectivity index (χ4v) is 9.68. The van der Waals surface area contributed by atoms with E-state index in [0.29, 0.717) is 6.01 Å². The number of hydrogen-bond donors (Lipinski definition) is 0. The second-order valence-electron chi connectivity index (χ2n) is 14.6. The largest absolute Gasteiger partial charge is 0.457 e. The fourth-order valence-electron chi connectivity index (χ4n) is 9.68. The van der Waals surface area contributed by atoms with Crippen LogP contribution in [0, 0.1) is 0 Å². The van der Waals surface area contributed by atoms with Gasteiger partial charge in [0.1, 0.15) is 11.5 Å². The second kappa shape index (κ2) is 11.6. The predicted molar refractivity (Wildman–Crippen MR) is 221 cm³/mol. The molecule has 0 saturated heterocycles. The molecule has 0 bridgehead atoms. The zero-order valence-electron chi connectivity index (χ0n) is 30.2. The van der Waals surface area contributed by atoms with E-state index in [4.69, 9.17) is 14.5 Å². The Bertz CT molecular complexity index is 2870. The molecule has 1 spiro atoms. The lowest BCUT2D eigenvalue weighted by atomic mass is 9.61. The van der Waals surface area contributed by atoms with Crippen LogP contribution < -0.4 is 14.4 Å². The standard InChI is InChI=1S/C51H33N3O2/c1-3-17-34(18-4-1)51(35-19-5-2-6-20-35)41-33-36(31-32-45(41)54-46-28-14-11-25-42(46)52-49(54)56-51)53-43-26-12-7-21-37(43)50(38-22-8-13-27-44(38)53)39-23-9-15-29-47(39)55-48-30-16-10-24-40(48)50/h1-33H. The summed E-state index contributed by atoms with van der Waals surface area (Å²) in [6.45, 7) is 0. The van der Waals surface area contributed by atoms with Gasteiger partial charge in [0.2, 0.25) is 0 Å². The van der Waals surface area contributed by atoms with Crippen molar-refractivity contribution in [3.63, 3.8) is 0 Å². The summed E-state index contributed by atoms with van der Waals surface area (Å²) in [4.78, 5) is 7.51. The Kier molecular flexibility index (Phi) is 6.41. The molecule has 3 aliphatic heterocycles. The van der Waals surface area contributed by atoms with Crippen molar-refractivity contribution in [2.45, 2.75) is 11.0 Å². The van der Waals surface area contributed by atoms with Gasteiger partial charge in [-0.3, -0.25) is 4.57 Å². The van der Waals surface area contributed by atoms with Crippen molar-refractivity contribution in [2.24, 2.45) is 0 Å². The molecule has 12 rings (SSSR count). The summed E-state index contributed by atoms with van der Waals surface area (Å²) in [7, 11) is 0. The smallest absolute Gasteiger partial charge is 0.303 e. The first-order valence-electron chi connectivity index (χ1n) is 19.1. The first kappa shape index (κ1) is 31.0. The van der Waals surface area contributed by atoms with Crippen molar-refractivity contribution >= 4 is 28.1 Å². The number of rotatable bonds is 3. The van der Waals surface area contributed by atoms with Gasteiger partial charge in [0, 0.05) is 33.5 Å². The predicted octanol–water partition coefficient (Wildman–Crippen LogP) is 12.0. The van der Waals surface area contributed by atoms with Gasteiger partial charge in [0.15, 0.2) is 5.60 Å². The summed E-state index contributed by atoms with van der Waals surface area (Å²) >= 11 is 0. The Morgan fingerprint density at radius 1 is 0.429 bits per heavy atom. The normalized spacial score (nSPS) is 15.0. The van der Waals surface area contributed by atoms with Crippen LogP contribution in [0.3, 0.4) is 0 Å². The molecule has 0 amide bonds. The molecular formula is C51H33N3O2. The van der Waals surface area contributed by atoms with E-state index < -0.39 is 11.0 Å². The maximum absolute atomic E-state index is 7.37. The van der Waals surface area contributed by atoms with Crippen LogP contribution in [0.25, 0.3) is 16.7 Å². The maximum atomic E-state index is 7.37. The molecule has 0 unspecified atom stereocenters. The number of aromatic nitrogens is 2. The molecule has 1 aromatic heterocycles. The maximum Gasteiger partial charge on any atom is 0.303 e. The Hall–Kier alpha value is -7.37. The lowest BCUT2D eigenvalue weighted by Gasteiger charge is -2.48. The van der Waals surface area contributed by atoms with Gasteiger partial charge < -0.3 is 14.4 Å². The summed E-state index contributed by atoms with van der Waals surface area (Å²) in [6, 6.07) is 71.5. The first-order valence-corrected chi connectivity index (χ1v) is 19.1.